The van der Waals surface area contributed by atoms with Crippen LogP contribution < -0.4 is 5.32 Å². The van der Waals surface area contributed by atoms with Crippen LogP contribution in [0.1, 0.15) is 33.3 Å². The van der Waals surface area contributed by atoms with Gasteiger partial charge in [-0.2, -0.15) is 0 Å². The third-order valence-electron chi connectivity index (χ3n) is 2.68. The summed E-state index contributed by atoms with van der Waals surface area (Å²) in [7, 11) is 0. The van der Waals surface area contributed by atoms with Crippen molar-refractivity contribution in [3.63, 3.8) is 0 Å². The highest BCUT2D eigenvalue weighted by Crippen LogP contribution is 2.12. The van der Waals surface area contributed by atoms with Crippen molar-refractivity contribution < 1.29 is 24.2 Å². The lowest BCUT2D eigenvalue weighted by Crippen LogP contribution is -2.50. The van der Waals surface area contributed by atoms with E-state index < -0.39 is 29.8 Å². The molecule has 0 aliphatic carbocycles. The number of hydrogen-bond donors (Lipinski definition) is 2. The zero-order chi connectivity index (χ0) is 16.8. The van der Waals surface area contributed by atoms with Crippen LogP contribution in [0.3, 0.4) is 0 Å². The molecule has 2 atom stereocenters. The molecule has 0 fully saturated rings. The highest BCUT2D eigenvalue weighted by Gasteiger charge is 2.29. The van der Waals surface area contributed by atoms with E-state index in [4.69, 9.17) is 14.6 Å². The van der Waals surface area contributed by atoms with Crippen molar-refractivity contribution >= 4 is 11.9 Å². The summed E-state index contributed by atoms with van der Waals surface area (Å²) in [5.74, 6) is -1.72. The van der Waals surface area contributed by atoms with Gasteiger partial charge < -0.3 is 14.6 Å². The smallest absolute Gasteiger partial charge is 0.350 e. The zero-order valence-electron chi connectivity index (χ0n) is 13.3. The van der Waals surface area contributed by atoms with Crippen molar-refractivity contribution in [3.05, 3.63) is 35.9 Å². The van der Waals surface area contributed by atoms with Gasteiger partial charge in [0.05, 0.1) is 5.60 Å². The van der Waals surface area contributed by atoms with E-state index in [1.54, 1.807) is 20.8 Å². The van der Waals surface area contributed by atoms with Crippen molar-refractivity contribution in [2.24, 2.45) is 0 Å². The minimum atomic E-state index is -1.14. The summed E-state index contributed by atoms with van der Waals surface area (Å²) >= 11 is 0. The second-order valence-corrected chi connectivity index (χ2v) is 5.93. The molecule has 0 heterocycles. The Morgan fingerprint density at radius 1 is 1.23 bits per heavy atom. The molecule has 1 rings (SSSR count). The molecule has 0 saturated heterocycles. The van der Waals surface area contributed by atoms with E-state index >= 15 is 0 Å². The van der Waals surface area contributed by atoms with Crippen molar-refractivity contribution in [3.8, 4) is 0 Å². The second-order valence-electron chi connectivity index (χ2n) is 5.93. The van der Waals surface area contributed by atoms with Gasteiger partial charge >= 0.3 is 11.9 Å². The number of rotatable bonds is 7. The molecule has 1 aromatic carbocycles. The largest absolute Gasteiger partial charge is 0.480 e. The number of carboxylic acids is 1. The Balaban J connectivity index is 2.68. The van der Waals surface area contributed by atoms with Crippen LogP contribution in [0.15, 0.2) is 30.3 Å². The lowest BCUT2D eigenvalue weighted by molar-refractivity contribution is -0.173. The Morgan fingerprint density at radius 2 is 1.82 bits per heavy atom. The standard InChI is InChI=1S/C16H23NO5/c1-11(14(18)19)17-13(22-16(2,3)4)15(20)21-10-12-8-6-5-7-9-12/h5-9,11,13,17H,10H2,1-4H3,(H,18,19). The molecule has 2 N–H and O–H groups in total. The first-order chi connectivity index (χ1) is 10.2. The molecule has 0 aliphatic rings. The zero-order valence-corrected chi connectivity index (χ0v) is 13.3. The van der Waals surface area contributed by atoms with Crippen LogP contribution in [0.2, 0.25) is 0 Å². The van der Waals surface area contributed by atoms with E-state index in [2.05, 4.69) is 5.32 Å². The number of benzene rings is 1. The molecular formula is C16H23NO5. The molecule has 6 nitrogen and oxygen atoms in total. The topological polar surface area (TPSA) is 84.9 Å². The van der Waals surface area contributed by atoms with E-state index in [0.717, 1.165) is 5.56 Å². The van der Waals surface area contributed by atoms with Crippen LogP contribution in [0.5, 0.6) is 0 Å². The average molecular weight is 309 g/mol. The first kappa shape index (κ1) is 18.1. The number of carbonyl (C=O) groups excluding carboxylic acids is 1. The van der Waals surface area contributed by atoms with Crippen molar-refractivity contribution in [2.75, 3.05) is 0 Å². The molecule has 122 valence electrons. The minimum Gasteiger partial charge on any atom is -0.480 e. The Bertz CT molecular complexity index is 495. The maximum Gasteiger partial charge on any atom is 0.350 e. The molecule has 6 heteroatoms. The first-order valence-corrected chi connectivity index (χ1v) is 7.06. The predicted octanol–water partition coefficient (Wildman–Crippen LogP) is 1.93. The fourth-order valence-corrected chi connectivity index (χ4v) is 1.61. The molecule has 2 unspecified atom stereocenters. The second kappa shape index (κ2) is 7.91. The van der Waals surface area contributed by atoms with Crippen LogP contribution in [0.4, 0.5) is 0 Å². The van der Waals surface area contributed by atoms with Crippen molar-refractivity contribution in [1.82, 2.24) is 5.32 Å². The number of carbonyl (C=O) groups is 2. The van der Waals surface area contributed by atoms with Crippen LogP contribution in [-0.2, 0) is 25.7 Å². The fraction of sp³-hybridized carbons (Fsp3) is 0.500. The van der Waals surface area contributed by atoms with Gasteiger partial charge in [0.15, 0.2) is 0 Å². The molecule has 0 spiro atoms. The van der Waals surface area contributed by atoms with Crippen LogP contribution in [0.25, 0.3) is 0 Å². The van der Waals surface area contributed by atoms with Gasteiger partial charge in [0.2, 0.25) is 6.23 Å². The molecule has 0 aliphatic heterocycles. The highest BCUT2D eigenvalue weighted by molar-refractivity contribution is 5.77. The van der Waals surface area contributed by atoms with Gasteiger partial charge in [-0.1, -0.05) is 30.3 Å². The third kappa shape index (κ3) is 6.69. The molecular weight excluding hydrogens is 286 g/mol. The van der Waals surface area contributed by atoms with Crippen molar-refractivity contribution in [1.29, 1.82) is 0 Å². The van der Waals surface area contributed by atoms with Gasteiger partial charge in [-0.05, 0) is 33.3 Å². The van der Waals surface area contributed by atoms with Gasteiger partial charge in [0.25, 0.3) is 0 Å². The number of hydrogen-bond acceptors (Lipinski definition) is 5. The fourth-order valence-electron chi connectivity index (χ4n) is 1.61. The minimum absolute atomic E-state index is 0.104. The summed E-state index contributed by atoms with van der Waals surface area (Å²) in [6, 6.07) is 8.29. The number of carboxylic acid groups (broad SMARTS) is 1. The van der Waals surface area contributed by atoms with E-state index in [-0.39, 0.29) is 6.61 Å². The lowest BCUT2D eigenvalue weighted by Gasteiger charge is -2.28. The molecule has 22 heavy (non-hydrogen) atoms. The number of nitrogens with one attached hydrogen (secondary N) is 1. The molecule has 0 saturated carbocycles. The molecule has 0 bridgehead atoms. The quantitative estimate of drug-likeness (QED) is 0.591. The Morgan fingerprint density at radius 3 is 2.32 bits per heavy atom. The Kier molecular flexibility index (Phi) is 6.52. The summed E-state index contributed by atoms with van der Waals surface area (Å²) < 4.78 is 10.8. The number of ether oxygens (including phenoxy) is 2. The normalized spacial score (nSPS) is 14.2. The Hall–Kier alpha value is -1.92. The van der Waals surface area contributed by atoms with E-state index in [0.29, 0.717) is 0 Å². The lowest BCUT2D eigenvalue weighted by atomic mass is 10.2. The monoisotopic (exact) mass is 309 g/mol. The molecule has 0 amide bonds. The van der Waals surface area contributed by atoms with Crippen LogP contribution in [-0.4, -0.2) is 34.9 Å². The maximum absolute atomic E-state index is 12.1. The predicted molar refractivity (Wildman–Crippen MR) is 81.1 cm³/mol. The summed E-state index contributed by atoms with van der Waals surface area (Å²) in [5, 5.41) is 11.6. The molecule has 0 radical (unpaired) electrons. The van der Waals surface area contributed by atoms with Gasteiger partial charge in [0.1, 0.15) is 12.6 Å². The summed E-state index contributed by atoms with van der Waals surface area (Å²) in [4.78, 5) is 23.1. The third-order valence-corrected chi connectivity index (χ3v) is 2.68. The summed E-state index contributed by atoms with van der Waals surface area (Å²) in [6.07, 6.45) is -1.14. The molecule has 0 aromatic heterocycles. The van der Waals surface area contributed by atoms with E-state index in [1.165, 1.54) is 6.92 Å². The van der Waals surface area contributed by atoms with Crippen LogP contribution >= 0.6 is 0 Å². The first-order valence-electron chi connectivity index (χ1n) is 7.06. The summed E-state index contributed by atoms with van der Waals surface area (Å²) in [5.41, 5.74) is 0.221. The number of esters is 1. The van der Waals surface area contributed by atoms with E-state index in [9.17, 15) is 9.59 Å². The average Bonchev–Trinajstić information content (AvgIpc) is 2.43. The van der Waals surface area contributed by atoms with E-state index in [1.807, 2.05) is 30.3 Å². The number of aliphatic carboxylic acids is 1. The van der Waals surface area contributed by atoms with Gasteiger partial charge in [-0.15, -0.1) is 0 Å². The SMILES string of the molecule is CC(NC(OC(C)(C)C)C(=O)OCc1ccccc1)C(=O)O. The van der Waals surface area contributed by atoms with Crippen LogP contribution in [0, 0.1) is 0 Å². The van der Waals surface area contributed by atoms with Gasteiger partial charge in [-0.3, -0.25) is 10.1 Å². The molecule has 1 aromatic rings. The summed E-state index contributed by atoms with van der Waals surface area (Å²) in [6.45, 7) is 6.87. The highest BCUT2D eigenvalue weighted by atomic mass is 16.6. The van der Waals surface area contributed by atoms with Crippen molar-refractivity contribution in [2.45, 2.75) is 52.2 Å². The van der Waals surface area contributed by atoms with Gasteiger partial charge in [0, 0.05) is 0 Å². The van der Waals surface area contributed by atoms with Gasteiger partial charge in [-0.25, -0.2) is 4.79 Å². The Labute approximate surface area is 130 Å². The maximum atomic E-state index is 12.1.